The molecule has 1 aliphatic rings. The first-order valence-corrected chi connectivity index (χ1v) is 7.47. The summed E-state index contributed by atoms with van der Waals surface area (Å²) in [4.78, 5) is 0. The fourth-order valence-corrected chi connectivity index (χ4v) is 2.92. The van der Waals surface area contributed by atoms with Gasteiger partial charge in [0.2, 0.25) is 0 Å². The first-order valence-electron chi connectivity index (χ1n) is 7.09. The fraction of sp³-hybridized carbons (Fsp3) is 0.294. The maximum absolute atomic E-state index is 13.8. The summed E-state index contributed by atoms with van der Waals surface area (Å²) in [6, 6.07) is 10.9. The minimum atomic E-state index is -0.422. The second-order valence-electron chi connectivity index (χ2n) is 5.36. The topological polar surface area (TPSA) is 35.2 Å². The second-order valence-corrected chi connectivity index (χ2v) is 5.77. The molecule has 4 heteroatoms. The van der Waals surface area contributed by atoms with Gasteiger partial charge in [-0.25, -0.2) is 4.39 Å². The number of aryl methyl sites for hydroxylation is 1. The quantitative estimate of drug-likeness (QED) is 0.912. The summed E-state index contributed by atoms with van der Waals surface area (Å²) in [5.41, 5.74) is 9.01. The average molecular weight is 306 g/mol. The lowest BCUT2D eigenvalue weighted by atomic mass is 9.88. The van der Waals surface area contributed by atoms with Gasteiger partial charge in [-0.1, -0.05) is 29.8 Å². The molecular weight excluding hydrogens is 289 g/mol. The molecule has 2 aromatic rings. The highest BCUT2D eigenvalue weighted by atomic mass is 35.5. The molecule has 21 heavy (non-hydrogen) atoms. The summed E-state index contributed by atoms with van der Waals surface area (Å²) in [5, 5.41) is 0.114. The van der Waals surface area contributed by atoms with E-state index < -0.39 is 5.82 Å². The van der Waals surface area contributed by atoms with E-state index in [-0.39, 0.29) is 17.7 Å². The molecule has 0 aromatic heterocycles. The summed E-state index contributed by atoms with van der Waals surface area (Å²) in [7, 11) is 0. The van der Waals surface area contributed by atoms with Crippen molar-refractivity contribution in [2.24, 2.45) is 5.73 Å². The lowest BCUT2D eigenvalue weighted by Gasteiger charge is -2.22. The van der Waals surface area contributed by atoms with Gasteiger partial charge in [-0.15, -0.1) is 0 Å². The fourth-order valence-electron chi connectivity index (χ4n) is 2.72. The van der Waals surface area contributed by atoms with Crippen molar-refractivity contribution in [1.29, 1.82) is 0 Å². The zero-order valence-electron chi connectivity index (χ0n) is 11.6. The van der Waals surface area contributed by atoms with Crippen molar-refractivity contribution >= 4 is 11.6 Å². The van der Waals surface area contributed by atoms with Crippen LogP contribution in [0.3, 0.4) is 0 Å². The van der Waals surface area contributed by atoms with Crippen molar-refractivity contribution in [1.82, 2.24) is 0 Å². The monoisotopic (exact) mass is 305 g/mol. The third-order valence-electron chi connectivity index (χ3n) is 3.90. The van der Waals surface area contributed by atoms with E-state index >= 15 is 0 Å². The predicted molar refractivity (Wildman–Crippen MR) is 82.1 cm³/mol. The summed E-state index contributed by atoms with van der Waals surface area (Å²) in [6.45, 7) is 0.153. The van der Waals surface area contributed by atoms with Crippen molar-refractivity contribution in [2.45, 2.75) is 31.9 Å². The molecule has 0 aliphatic heterocycles. The Balaban J connectivity index is 1.77. The summed E-state index contributed by atoms with van der Waals surface area (Å²) in [5.74, 6) is 0.291. The number of hydrogen-bond acceptors (Lipinski definition) is 2. The van der Waals surface area contributed by atoms with Crippen LogP contribution in [0.15, 0.2) is 36.4 Å². The van der Waals surface area contributed by atoms with Crippen LogP contribution in [0, 0.1) is 5.82 Å². The number of benzene rings is 2. The summed E-state index contributed by atoms with van der Waals surface area (Å²) < 4.78 is 19.5. The molecule has 0 amide bonds. The van der Waals surface area contributed by atoms with Crippen molar-refractivity contribution < 1.29 is 9.13 Å². The van der Waals surface area contributed by atoms with E-state index in [1.807, 2.05) is 12.1 Å². The van der Waals surface area contributed by atoms with Gasteiger partial charge in [-0.2, -0.15) is 0 Å². The van der Waals surface area contributed by atoms with Gasteiger partial charge in [-0.05, 0) is 48.6 Å². The van der Waals surface area contributed by atoms with E-state index in [1.165, 1.54) is 11.6 Å². The molecular formula is C17H17ClFNO. The van der Waals surface area contributed by atoms with Crippen LogP contribution in [0.1, 0.15) is 35.6 Å². The first-order chi connectivity index (χ1) is 10.1. The van der Waals surface area contributed by atoms with Crippen molar-refractivity contribution in [2.75, 3.05) is 0 Å². The van der Waals surface area contributed by atoms with Crippen LogP contribution < -0.4 is 10.5 Å². The molecule has 2 N–H and O–H groups in total. The van der Waals surface area contributed by atoms with Gasteiger partial charge < -0.3 is 10.5 Å². The Bertz CT molecular complexity index is 659. The maximum Gasteiger partial charge on any atom is 0.148 e. The van der Waals surface area contributed by atoms with Gasteiger partial charge in [0.05, 0.1) is 5.02 Å². The largest absolute Gasteiger partial charge is 0.489 e. The highest BCUT2D eigenvalue weighted by molar-refractivity contribution is 6.30. The van der Waals surface area contributed by atoms with Gasteiger partial charge >= 0.3 is 0 Å². The normalized spacial score (nSPS) is 17.4. The van der Waals surface area contributed by atoms with Gasteiger partial charge in [0, 0.05) is 11.6 Å². The Labute approximate surface area is 128 Å². The Morgan fingerprint density at radius 1 is 1.29 bits per heavy atom. The Morgan fingerprint density at radius 3 is 3.00 bits per heavy atom. The zero-order valence-corrected chi connectivity index (χ0v) is 12.4. The minimum absolute atomic E-state index is 0.0696. The van der Waals surface area contributed by atoms with Crippen LogP contribution in [0.5, 0.6) is 5.75 Å². The molecule has 1 unspecified atom stereocenters. The molecule has 0 saturated carbocycles. The van der Waals surface area contributed by atoms with E-state index in [9.17, 15) is 4.39 Å². The first kappa shape index (κ1) is 14.4. The number of hydrogen-bond donors (Lipinski definition) is 1. The number of rotatable bonds is 3. The lowest BCUT2D eigenvalue weighted by Crippen LogP contribution is -2.17. The van der Waals surface area contributed by atoms with Crippen LogP contribution in [0.4, 0.5) is 4.39 Å². The van der Waals surface area contributed by atoms with Gasteiger partial charge in [-0.3, -0.25) is 0 Å². The molecule has 0 bridgehead atoms. The Kier molecular flexibility index (Phi) is 4.13. The molecule has 0 saturated heterocycles. The number of halogens is 2. The van der Waals surface area contributed by atoms with Crippen LogP contribution in [-0.2, 0) is 13.0 Å². The lowest BCUT2D eigenvalue weighted by molar-refractivity contribution is 0.299. The smallest absolute Gasteiger partial charge is 0.148 e. The summed E-state index contributed by atoms with van der Waals surface area (Å²) in [6.07, 6.45) is 3.19. The molecule has 110 valence electrons. The Morgan fingerprint density at radius 2 is 2.14 bits per heavy atom. The molecule has 1 atom stereocenters. The van der Waals surface area contributed by atoms with Crippen molar-refractivity contribution in [3.63, 3.8) is 0 Å². The maximum atomic E-state index is 13.8. The Hall–Kier alpha value is -1.58. The molecule has 3 rings (SSSR count). The third-order valence-corrected chi connectivity index (χ3v) is 4.20. The van der Waals surface area contributed by atoms with E-state index in [2.05, 4.69) is 6.07 Å². The number of nitrogens with two attached hydrogens (primary N) is 1. The van der Waals surface area contributed by atoms with E-state index in [1.54, 1.807) is 12.1 Å². The van der Waals surface area contributed by atoms with Crippen LogP contribution in [0.2, 0.25) is 5.02 Å². The molecule has 2 nitrogen and oxygen atoms in total. The van der Waals surface area contributed by atoms with Crippen LogP contribution >= 0.6 is 11.6 Å². The van der Waals surface area contributed by atoms with Gasteiger partial charge in [0.25, 0.3) is 0 Å². The summed E-state index contributed by atoms with van der Waals surface area (Å²) >= 11 is 5.76. The molecule has 0 fully saturated rings. The second kappa shape index (κ2) is 6.04. The SMILES string of the molecule is NC1CCCc2ccc(OCc3cccc(Cl)c3F)cc21. The molecule has 0 heterocycles. The number of ether oxygens (including phenoxy) is 1. The van der Waals surface area contributed by atoms with Gasteiger partial charge in [0.1, 0.15) is 18.2 Å². The minimum Gasteiger partial charge on any atom is -0.489 e. The third kappa shape index (κ3) is 3.04. The highest BCUT2D eigenvalue weighted by Crippen LogP contribution is 2.31. The number of fused-ring (bicyclic) bond motifs is 1. The predicted octanol–water partition coefficient (Wildman–Crippen LogP) is 4.39. The highest BCUT2D eigenvalue weighted by Gasteiger charge is 2.17. The van der Waals surface area contributed by atoms with Crippen LogP contribution in [0.25, 0.3) is 0 Å². The van der Waals surface area contributed by atoms with E-state index in [0.29, 0.717) is 11.3 Å². The molecule has 1 aliphatic carbocycles. The average Bonchev–Trinajstić information content (AvgIpc) is 2.49. The van der Waals surface area contributed by atoms with E-state index in [4.69, 9.17) is 22.1 Å². The van der Waals surface area contributed by atoms with Crippen molar-refractivity contribution in [3.8, 4) is 5.75 Å². The standard InChI is InChI=1S/C17H17ClFNO/c18-15-5-1-4-12(17(15)19)10-21-13-8-7-11-3-2-6-16(20)14(11)9-13/h1,4-5,7-9,16H,2-3,6,10,20H2. The molecule has 2 aromatic carbocycles. The van der Waals surface area contributed by atoms with Gasteiger partial charge in [0.15, 0.2) is 0 Å². The molecule has 0 spiro atoms. The van der Waals surface area contributed by atoms with Crippen molar-refractivity contribution in [3.05, 3.63) is 63.9 Å². The van der Waals surface area contributed by atoms with Crippen LogP contribution in [-0.4, -0.2) is 0 Å². The van der Waals surface area contributed by atoms with E-state index in [0.717, 1.165) is 24.8 Å². The zero-order chi connectivity index (χ0) is 14.8. The molecule has 0 radical (unpaired) electrons.